The van der Waals surface area contributed by atoms with Crippen molar-refractivity contribution in [3.8, 4) is 0 Å². The van der Waals surface area contributed by atoms with E-state index in [0.29, 0.717) is 0 Å². The summed E-state index contributed by atoms with van der Waals surface area (Å²) >= 11 is 5.72. The summed E-state index contributed by atoms with van der Waals surface area (Å²) in [7, 11) is 0. The second-order valence-electron chi connectivity index (χ2n) is 3.29. The fourth-order valence-electron chi connectivity index (χ4n) is 1.20. The Balaban J connectivity index is 2.93. The van der Waals surface area contributed by atoms with Crippen molar-refractivity contribution in [3.05, 3.63) is 28.8 Å². The largest absolute Gasteiger partial charge is 0.393 e. The van der Waals surface area contributed by atoms with Gasteiger partial charge in [-0.2, -0.15) is 13.2 Å². The highest BCUT2D eigenvalue weighted by atomic mass is 35.5. The lowest BCUT2D eigenvalue weighted by atomic mass is 10.1. The predicted octanol–water partition coefficient (Wildman–Crippen LogP) is 3.40. The van der Waals surface area contributed by atoms with Crippen LogP contribution in [0.5, 0.6) is 0 Å². The first-order valence-electron chi connectivity index (χ1n) is 4.41. The van der Waals surface area contributed by atoms with E-state index in [1.807, 2.05) is 0 Å². The van der Waals surface area contributed by atoms with Crippen LogP contribution in [-0.2, 0) is 11.2 Å². The van der Waals surface area contributed by atoms with Crippen LogP contribution in [-0.4, -0.2) is 12.1 Å². The van der Waals surface area contributed by atoms with E-state index < -0.39 is 12.6 Å². The van der Waals surface area contributed by atoms with Crippen LogP contribution < -0.4 is 5.32 Å². The standard InChI is InChI=1S/C10H9ClF3NO/c1-6(16)15-9-4-7(2-3-8(9)11)5-10(12,13)14/h2-4H,5H2,1H3,(H,15,16). The molecule has 1 aromatic carbocycles. The number of alkyl halides is 3. The van der Waals surface area contributed by atoms with E-state index in [0.717, 1.165) is 0 Å². The molecule has 0 spiro atoms. The molecule has 0 heterocycles. The minimum atomic E-state index is -4.28. The molecule has 0 atom stereocenters. The number of amides is 1. The van der Waals surface area contributed by atoms with Crippen molar-refractivity contribution in [1.82, 2.24) is 0 Å². The average Bonchev–Trinajstić information content (AvgIpc) is 2.07. The third-order valence-electron chi connectivity index (χ3n) is 1.75. The SMILES string of the molecule is CC(=O)Nc1cc(CC(F)(F)F)ccc1Cl. The number of halogens is 4. The number of carbonyl (C=O) groups is 1. The first-order chi connectivity index (χ1) is 7.28. The van der Waals surface area contributed by atoms with Gasteiger partial charge in [-0.15, -0.1) is 0 Å². The zero-order chi connectivity index (χ0) is 12.3. The van der Waals surface area contributed by atoms with Crippen molar-refractivity contribution in [2.45, 2.75) is 19.5 Å². The molecule has 0 aliphatic heterocycles. The van der Waals surface area contributed by atoms with E-state index in [4.69, 9.17) is 11.6 Å². The quantitative estimate of drug-likeness (QED) is 0.858. The first-order valence-corrected chi connectivity index (χ1v) is 4.78. The third kappa shape index (κ3) is 4.10. The second-order valence-corrected chi connectivity index (χ2v) is 3.69. The highest BCUT2D eigenvalue weighted by molar-refractivity contribution is 6.33. The van der Waals surface area contributed by atoms with Gasteiger partial charge in [0.1, 0.15) is 0 Å². The topological polar surface area (TPSA) is 29.1 Å². The number of benzene rings is 1. The van der Waals surface area contributed by atoms with Gasteiger partial charge in [-0.05, 0) is 17.7 Å². The number of nitrogens with one attached hydrogen (secondary N) is 1. The smallest absolute Gasteiger partial charge is 0.325 e. The van der Waals surface area contributed by atoms with Gasteiger partial charge < -0.3 is 5.32 Å². The Morgan fingerprint density at radius 3 is 2.56 bits per heavy atom. The molecule has 6 heteroatoms. The summed E-state index contributed by atoms with van der Waals surface area (Å²) in [5.41, 5.74) is 0.247. The molecular weight excluding hydrogens is 243 g/mol. The monoisotopic (exact) mass is 251 g/mol. The van der Waals surface area contributed by atoms with Crippen LogP contribution in [0.3, 0.4) is 0 Å². The first kappa shape index (κ1) is 12.8. The predicted molar refractivity (Wildman–Crippen MR) is 55.5 cm³/mol. The molecule has 0 aliphatic rings. The van der Waals surface area contributed by atoms with Crippen molar-refractivity contribution >= 4 is 23.2 Å². The number of anilines is 1. The second kappa shape index (κ2) is 4.74. The number of hydrogen-bond acceptors (Lipinski definition) is 1. The van der Waals surface area contributed by atoms with E-state index in [-0.39, 0.29) is 22.2 Å². The fourth-order valence-corrected chi connectivity index (χ4v) is 1.36. The Bertz CT molecular complexity index is 404. The average molecular weight is 252 g/mol. The lowest BCUT2D eigenvalue weighted by molar-refractivity contribution is -0.127. The summed E-state index contributed by atoms with van der Waals surface area (Å²) in [6, 6.07) is 3.83. The maximum Gasteiger partial charge on any atom is 0.393 e. The van der Waals surface area contributed by atoms with Crippen molar-refractivity contribution in [2.24, 2.45) is 0 Å². The molecule has 88 valence electrons. The molecule has 0 bridgehead atoms. The van der Waals surface area contributed by atoms with E-state index in [1.165, 1.54) is 25.1 Å². The summed E-state index contributed by atoms with van der Waals surface area (Å²) in [4.78, 5) is 10.8. The molecule has 1 rings (SSSR count). The molecule has 0 saturated heterocycles. The van der Waals surface area contributed by atoms with Crippen LogP contribution in [0.15, 0.2) is 18.2 Å². The van der Waals surface area contributed by atoms with Gasteiger partial charge in [-0.1, -0.05) is 17.7 Å². The summed E-state index contributed by atoms with van der Waals surface area (Å²) in [5, 5.41) is 2.57. The maximum absolute atomic E-state index is 12.1. The molecule has 2 nitrogen and oxygen atoms in total. The zero-order valence-corrected chi connectivity index (χ0v) is 9.12. The minimum absolute atomic E-state index is 0.0562. The molecule has 0 saturated carbocycles. The van der Waals surface area contributed by atoms with Crippen molar-refractivity contribution < 1.29 is 18.0 Å². The van der Waals surface area contributed by atoms with Crippen LogP contribution >= 0.6 is 11.6 Å². The summed E-state index contributed by atoms with van der Waals surface area (Å²) in [5.74, 6) is -0.383. The molecular formula is C10H9ClF3NO. The highest BCUT2D eigenvalue weighted by Gasteiger charge is 2.27. The molecule has 1 N–H and O–H groups in total. The molecule has 0 aromatic heterocycles. The maximum atomic E-state index is 12.1. The van der Waals surface area contributed by atoms with Gasteiger partial charge in [0.15, 0.2) is 0 Å². The molecule has 0 radical (unpaired) electrons. The van der Waals surface area contributed by atoms with E-state index in [9.17, 15) is 18.0 Å². The van der Waals surface area contributed by atoms with Gasteiger partial charge in [0.05, 0.1) is 17.1 Å². The van der Waals surface area contributed by atoms with Crippen LogP contribution in [0.25, 0.3) is 0 Å². The van der Waals surface area contributed by atoms with Crippen LogP contribution in [0.4, 0.5) is 18.9 Å². The number of hydrogen-bond donors (Lipinski definition) is 1. The number of rotatable bonds is 2. The van der Waals surface area contributed by atoms with Crippen LogP contribution in [0, 0.1) is 0 Å². The zero-order valence-electron chi connectivity index (χ0n) is 8.36. The Morgan fingerprint density at radius 1 is 1.44 bits per heavy atom. The molecule has 0 fully saturated rings. The van der Waals surface area contributed by atoms with Crippen molar-refractivity contribution in [1.29, 1.82) is 0 Å². The van der Waals surface area contributed by atoms with E-state index >= 15 is 0 Å². The van der Waals surface area contributed by atoms with Gasteiger partial charge in [0, 0.05) is 6.92 Å². The minimum Gasteiger partial charge on any atom is -0.325 e. The van der Waals surface area contributed by atoms with Crippen molar-refractivity contribution in [3.63, 3.8) is 0 Å². The fraction of sp³-hybridized carbons (Fsp3) is 0.300. The Hall–Kier alpha value is -1.23. The lowest BCUT2D eigenvalue weighted by Gasteiger charge is -2.10. The van der Waals surface area contributed by atoms with Crippen LogP contribution in [0.2, 0.25) is 5.02 Å². The Kier molecular flexibility index (Phi) is 3.80. The van der Waals surface area contributed by atoms with E-state index in [1.54, 1.807) is 0 Å². The summed E-state index contributed by atoms with van der Waals surface area (Å²) in [6.45, 7) is 1.26. The third-order valence-corrected chi connectivity index (χ3v) is 2.08. The van der Waals surface area contributed by atoms with Gasteiger partial charge in [-0.3, -0.25) is 4.79 Å². The molecule has 16 heavy (non-hydrogen) atoms. The van der Waals surface area contributed by atoms with Crippen molar-refractivity contribution in [2.75, 3.05) is 5.32 Å². The van der Waals surface area contributed by atoms with Gasteiger partial charge in [0.25, 0.3) is 0 Å². The Labute approximate surface area is 95.4 Å². The normalized spacial score (nSPS) is 11.3. The lowest BCUT2D eigenvalue weighted by Crippen LogP contribution is -2.12. The van der Waals surface area contributed by atoms with Gasteiger partial charge >= 0.3 is 6.18 Å². The summed E-state index contributed by atoms with van der Waals surface area (Å²) in [6.07, 6.45) is -5.32. The van der Waals surface area contributed by atoms with Gasteiger partial charge in [-0.25, -0.2) is 0 Å². The highest BCUT2D eigenvalue weighted by Crippen LogP contribution is 2.27. The molecule has 1 amide bonds. The number of carbonyl (C=O) groups excluding carboxylic acids is 1. The summed E-state index contributed by atoms with van der Waals surface area (Å²) < 4.78 is 36.3. The molecule has 0 aliphatic carbocycles. The molecule has 1 aromatic rings. The van der Waals surface area contributed by atoms with Gasteiger partial charge in [0.2, 0.25) is 5.91 Å². The van der Waals surface area contributed by atoms with E-state index in [2.05, 4.69) is 5.32 Å². The Morgan fingerprint density at radius 2 is 2.06 bits per heavy atom. The molecule has 0 unspecified atom stereocenters. The van der Waals surface area contributed by atoms with Crippen LogP contribution in [0.1, 0.15) is 12.5 Å².